The van der Waals surface area contributed by atoms with Gasteiger partial charge in [-0.15, -0.1) is 0 Å². The summed E-state index contributed by atoms with van der Waals surface area (Å²) in [4.78, 5) is 53.1. The molecule has 0 bridgehead atoms. The molecule has 0 rings (SSSR count). The van der Waals surface area contributed by atoms with Crippen LogP contribution >= 0.6 is 11.8 Å². The molecule has 0 saturated carbocycles. The summed E-state index contributed by atoms with van der Waals surface area (Å²) >= 11 is 1.48. The molecule has 0 aliphatic heterocycles. The van der Waals surface area contributed by atoms with Crippen molar-refractivity contribution in [1.29, 1.82) is 0 Å². The minimum absolute atomic E-state index is 0.0832. The third-order valence-corrected chi connectivity index (χ3v) is 5.75. The number of carboxylic acid groups (broad SMARTS) is 1. The van der Waals surface area contributed by atoms with E-state index in [4.69, 9.17) is 22.3 Å². The largest absolute Gasteiger partial charge is 0.480 e. The van der Waals surface area contributed by atoms with E-state index in [1.165, 1.54) is 18.7 Å². The number of carboxylic acids is 1. The number of hydrogen-bond acceptors (Lipinski definition) is 7. The van der Waals surface area contributed by atoms with Crippen LogP contribution in [0, 0.1) is 5.92 Å². The first kappa shape index (κ1) is 30.5. The van der Waals surface area contributed by atoms with Gasteiger partial charge in [0, 0.05) is 6.54 Å². The van der Waals surface area contributed by atoms with E-state index in [1.807, 2.05) is 20.1 Å². The summed E-state index contributed by atoms with van der Waals surface area (Å²) in [6.07, 6.45) is 3.43. The zero-order chi connectivity index (χ0) is 25.6. The Morgan fingerprint density at radius 3 is 2.03 bits per heavy atom. The van der Waals surface area contributed by atoms with E-state index in [1.54, 1.807) is 0 Å². The Balaban J connectivity index is 5.45. The van der Waals surface area contributed by atoms with Crippen LogP contribution in [0.2, 0.25) is 0 Å². The van der Waals surface area contributed by atoms with E-state index in [-0.39, 0.29) is 31.3 Å². The van der Waals surface area contributed by atoms with Gasteiger partial charge < -0.3 is 38.3 Å². The molecule has 5 atom stereocenters. The molecule has 0 saturated heterocycles. The van der Waals surface area contributed by atoms with Crippen LogP contribution in [-0.2, 0) is 19.2 Å². The Labute approximate surface area is 199 Å². The minimum Gasteiger partial charge on any atom is -0.480 e. The van der Waals surface area contributed by atoms with Gasteiger partial charge in [0.15, 0.2) is 5.96 Å². The topological polar surface area (TPSA) is 215 Å². The number of carbonyl (C=O) groups excluding carboxylic acids is 3. The highest BCUT2D eigenvalue weighted by Crippen LogP contribution is 2.08. The van der Waals surface area contributed by atoms with Crippen LogP contribution in [0.4, 0.5) is 0 Å². The molecule has 5 unspecified atom stereocenters. The monoisotopic (exact) mass is 489 g/mol. The van der Waals surface area contributed by atoms with E-state index in [2.05, 4.69) is 20.9 Å². The Morgan fingerprint density at radius 2 is 1.52 bits per heavy atom. The molecule has 3 amide bonds. The van der Waals surface area contributed by atoms with Crippen LogP contribution in [0.5, 0.6) is 0 Å². The minimum atomic E-state index is -1.19. The lowest BCUT2D eigenvalue weighted by Crippen LogP contribution is -2.57. The Morgan fingerprint density at radius 1 is 0.970 bits per heavy atom. The molecule has 190 valence electrons. The van der Waals surface area contributed by atoms with Gasteiger partial charge in [0.05, 0.1) is 6.04 Å². The van der Waals surface area contributed by atoms with E-state index in [9.17, 15) is 19.2 Å². The molecule has 0 aliphatic rings. The number of nitrogens with two attached hydrogens (primary N) is 3. The fraction of sp³-hybridized carbons (Fsp3) is 0.750. The van der Waals surface area contributed by atoms with Gasteiger partial charge in [-0.25, -0.2) is 0 Å². The molecule has 0 heterocycles. The third kappa shape index (κ3) is 12.3. The molecule has 0 aromatic rings. The lowest BCUT2D eigenvalue weighted by molar-refractivity contribution is -0.141. The summed E-state index contributed by atoms with van der Waals surface area (Å²) in [5.41, 5.74) is 16.6. The van der Waals surface area contributed by atoms with Gasteiger partial charge in [-0.05, 0) is 44.1 Å². The molecule has 0 aromatic carbocycles. The molecule has 12 nitrogen and oxygen atoms in total. The molecule has 13 heteroatoms. The van der Waals surface area contributed by atoms with Crippen LogP contribution < -0.4 is 33.2 Å². The zero-order valence-electron chi connectivity index (χ0n) is 19.8. The highest BCUT2D eigenvalue weighted by atomic mass is 32.2. The zero-order valence-corrected chi connectivity index (χ0v) is 20.6. The fourth-order valence-electron chi connectivity index (χ4n) is 2.71. The second-order valence-electron chi connectivity index (χ2n) is 7.83. The van der Waals surface area contributed by atoms with Gasteiger partial charge in [-0.3, -0.25) is 24.2 Å². The summed E-state index contributed by atoms with van der Waals surface area (Å²) < 4.78 is 0. The molecule has 0 spiro atoms. The molecule has 0 radical (unpaired) electrons. The van der Waals surface area contributed by atoms with Crippen molar-refractivity contribution in [2.75, 3.05) is 18.6 Å². The number of nitrogens with one attached hydrogen (secondary N) is 3. The Bertz CT molecular complexity index is 688. The Hall–Kier alpha value is -2.54. The first-order chi connectivity index (χ1) is 15.4. The van der Waals surface area contributed by atoms with E-state index >= 15 is 0 Å². The smallest absolute Gasteiger partial charge is 0.325 e. The van der Waals surface area contributed by atoms with Crippen molar-refractivity contribution >= 4 is 41.4 Å². The number of guanidine groups is 1. The second-order valence-corrected chi connectivity index (χ2v) is 8.82. The fourth-order valence-corrected chi connectivity index (χ4v) is 3.18. The average Bonchev–Trinajstić information content (AvgIpc) is 2.76. The van der Waals surface area contributed by atoms with Gasteiger partial charge >= 0.3 is 5.97 Å². The van der Waals surface area contributed by atoms with E-state index in [0.717, 1.165) is 0 Å². The van der Waals surface area contributed by atoms with E-state index in [0.29, 0.717) is 18.6 Å². The van der Waals surface area contributed by atoms with Gasteiger partial charge in [0.1, 0.15) is 18.1 Å². The number of nitrogens with zero attached hydrogens (tertiary/aromatic N) is 1. The number of aliphatic carboxylic acids is 1. The summed E-state index contributed by atoms with van der Waals surface area (Å²) in [7, 11) is 0. The Kier molecular flexibility index (Phi) is 14.9. The van der Waals surface area contributed by atoms with Crippen LogP contribution in [0.15, 0.2) is 4.99 Å². The summed E-state index contributed by atoms with van der Waals surface area (Å²) in [5, 5.41) is 16.7. The number of hydrogen-bond donors (Lipinski definition) is 7. The molecule has 0 aromatic heterocycles. The maximum atomic E-state index is 13.0. The highest BCUT2D eigenvalue weighted by molar-refractivity contribution is 7.98. The average molecular weight is 490 g/mol. The van der Waals surface area contributed by atoms with Crippen LogP contribution in [0.3, 0.4) is 0 Å². The number of rotatable bonds is 16. The van der Waals surface area contributed by atoms with Gasteiger partial charge in [0.2, 0.25) is 17.7 Å². The van der Waals surface area contributed by atoms with Crippen LogP contribution in [0.25, 0.3) is 0 Å². The molecule has 0 fully saturated rings. The lowest BCUT2D eigenvalue weighted by Gasteiger charge is -2.25. The highest BCUT2D eigenvalue weighted by Gasteiger charge is 2.29. The molecular formula is C20H39N7O5S. The molecule has 10 N–H and O–H groups in total. The van der Waals surface area contributed by atoms with Gasteiger partial charge in [-0.1, -0.05) is 20.3 Å². The van der Waals surface area contributed by atoms with Crippen molar-refractivity contribution in [1.82, 2.24) is 16.0 Å². The second kappa shape index (κ2) is 16.1. The van der Waals surface area contributed by atoms with Crippen LogP contribution in [-0.4, -0.2) is 77.5 Å². The van der Waals surface area contributed by atoms with Crippen molar-refractivity contribution in [2.24, 2.45) is 28.1 Å². The first-order valence-corrected chi connectivity index (χ1v) is 12.3. The standard InChI is InChI=1S/C20H39N7O5S/c1-5-11(2)15(21)18(30)27-13(7-6-9-24-20(22)23)17(29)26-14(8-10-33-4)16(28)25-12(3)19(31)32/h11-15H,5-10,21H2,1-4H3,(H,25,28)(H,26,29)(H,27,30)(H,31,32)(H4,22,23,24). The number of carbonyl (C=O) groups is 4. The third-order valence-electron chi connectivity index (χ3n) is 5.11. The maximum absolute atomic E-state index is 13.0. The van der Waals surface area contributed by atoms with Gasteiger partial charge in [-0.2, -0.15) is 11.8 Å². The first-order valence-electron chi connectivity index (χ1n) is 10.9. The normalized spacial score (nSPS) is 15.3. The summed E-state index contributed by atoms with van der Waals surface area (Å²) in [5.74, 6) is -2.48. The molecular weight excluding hydrogens is 450 g/mol. The molecule has 33 heavy (non-hydrogen) atoms. The van der Waals surface area contributed by atoms with Crippen molar-refractivity contribution in [3.63, 3.8) is 0 Å². The van der Waals surface area contributed by atoms with Gasteiger partial charge in [0.25, 0.3) is 0 Å². The van der Waals surface area contributed by atoms with Crippen LogP contribution in [0.1, 0.15) is 46.5 Å². The van der Waals surface area contributed by atoms with E-state index < -0.39 is 47.9 Å². The summed E-state index contributed by atoms with van der Waals surface area (Å²) in [6, 6.07) is -3.85. The van der Waals surface area contributed by atoms with Crippen molar-refractivity contribution < 1.29 is 24.3 Å². The lowest BCUT2D eigenvalue weighted by atomic mass is 9.98. The molecule has 0 aliphatic carbocycles. The predicted molar refractivity (Wildman–Crippen MR) is 129 cm³/mol. The van der Waals surface area contributed by atoms with Crippen molar-refractivity contribution in [3.8, 4) is 0 Å². The number of aliphatic imine (C=N–C) groups is 1. The number of thioether (sulfide) groups is 1. The van der Waals surface area contributed by atoms with Crippen molar-refractivity contribution in [3.05, 3.63) is 0 Å². The quantitative estimate of drug-likeness (QED) is 0.0779. The number of amides is 3. The maximum Gasteiger partial charge on any atom is 0.325 e. The van der Waals surface area contributed by atoms with Crippen molar-refractivity contribution in [2.45, 2.75) is 70.6 Å². The summed E-state index contributed by atoms with van der Waals surface area (Å²) in [6.45, 7) is 5.33. The predicted octanol–water partition coefficient (Wildman–Crippen LogP) is -1.27. The SMILES string of the molecule is CCC(C)C(N)C(=O)NC(CCCN=C(N)N)C(=O)NC(CCSC)C(=O)NC(C)C(=O)O.